The van der Waals surface area contributed by atoms with Gasteiger partial charge in [0.1, 0.15) is 4.90 Å². The maximum Gasteiger partial charge on any atom is 0.305 e. The van der Waals surface area contributed by atoms with E-state index in [1.165, 1.54) is 4.31 Å². The molecule has 0 bridgehead atoms. The van der Waals surface area contributed by atoms with Crippen LogP contribution in [0.1, 0.15) is 17.8 Å². The standard InChI is InChI=1S/C11H17N3O5S/c1-7-11(8(2)13-12-7)20(17,18)14-3-4-19-6-9(14)5-10(15)16/h9H,3-6H2,1-2H3,(H,12,13)(H,15,16). The smallest absolute Gasteiger partial charge is 0.305 e. The Kier molecular flexibility index (Phi) is 4.11. The molecular formula is C11H17N3O5S. The summed E-state index contributed by atoms with van der Waals surface area (Å²) in [6, 6.07) is -0.694. The van der Waals surface area contributed by atoms with Crippen molar-refractivity contribution in [2.45, 2.75) is 31.2 Å². The normalized spacial score (nSPS) is 21.0. The molecule has 0 spiro atoms. The Morgan fingerprint density at radius 1 is 1.55 bits per heavy atom. The molecule has 0 aliphatic carbocycles. The molecule has 0 amide bonds. The fourth-order valence-corrected chi connectivity index (χ4v) is 4.29. The van der Waals surface area contributed by atoms with Gasteiger partial charge in [-0.3, -0.25) is 9.89 Å². The summed E-state index contributed by atoms with van der Waals surface area (Å²) in [6.07, 6.45) is -0.283. The summed E-state index contributed by atoms with van der Waals surface area (Å²) in [5.41, 5.74) is 0.825. The molecule has 1 saturated heterocycles. The molecule has 1 fully saturated rings. The van der Waals surface area contributed by atoms with Gasteiger partial charge < -0.3 is 9.84 Å². The highest BCUT2D eigenvalue weighted by Gasteiger charge is 2.37. The lowest BCUT2D eigenvalue weighted by Gasteiger charge is -2.33. The molecule has 2 heterocycles. The Morgan fingerprint density at radius 3 is 2.80 bits per heavy atom. The van der Waals surface area contributed by atoms with E-state index in [9.17, 15) is 13.2 Å². The lowest BCUT2D eigenvalue weighted by Crippen LogP contribution is -2.49. The van der Waals surface area contributed by atoms with Gasteiger partial charge >= 0.3 is 5.97 Å². The van der Waals surface area contributed by atoms with Gasteiger partial charge in [-0.1, -0.05) is 0 Å². The molecule has 0 radical (unpaired) electrons. The SMILES string of the molecule is Cc1n[nH]c(C)c1S(=O)(=O)N1CCOCC1CC(=O)O. The van der Waals surface area contributed by atoms with Crippen LogP contribution in [-0.2, 0) is 19.6 Å². The first-order valence-electron chi connectivity index (χ1n) is 6.17. The monoisotopic (exact) mass is 303 g/mol. The number of nitrogens with one attached hydrogen (secondary N) is 1. The molecule has 1 aliphatic rings. The number of ether oxygens (including phenoxy) is 1. The van der Waals surface area contributed by atoms with Crippen LogP contribution in [0.25, 0.3) is 0 Å². The molecule has 0 aromatic carbocycles. The Hall–Kier alpha value is -1.45. The van der Waals surface area contributed by atoms with E-state index in [0.29, 0.717) is 11.4 Å². The zero-order chi connectivity index (χ0) is 14.9. The number of nitrogens with zero attached hydrogens (tertiary/aromatic N) is 2. The van der Waals surface area contributed by atoms with Gasteiger partial charge in [0.2, 0.25) is 10.0 Å². The van der Waals surface area contributed by atoms with Crippen LogP contribution in [0.15, 0.2) is 4.90 Å². The van der Waals surface area contributed by atoms with Crippen LogP contribution in [0.4, 0.5) is 0 Å². The van der Waals surface area contributed by atoms with Crippen LogP contribution in [0, 0.1) is 13.8 Å². The van der Waals surface area contributed by atoms with Crippen LogP contribution >= 0.6 is 0 Å². The van der Waals surface area contributed by atoms with E-state index < -0.39 is 22.0 Å². The number of sulfonamides is 1. The number of aromatic amines is 1. The van der Waals surface area contributed by atoms with Gasteiger partial charge in [0, 0.05) is 6.54 Å². The Balaban J connectivity index is 2.38. The molecule has 20 heavy (non-hydrogen) atoms. The zero-order valence-electron chi connectivity index (χ0n) is 11.3. The molecule has 2 rings (SSSR count). The topological polar surface area (TPSA) is 113 Å². The van der Waals surface area contributed by atoms with Crippen LogP contribution in [0.2, 0.25) is 0 Å². The van der Waals surface area contributed by atoms with Gasteiger partial charge in [-0.2, -0.15) is 9.40 Å². The van der Waals surface area contributed by atoms with Crippen LogP contribution in [-0.4, -0.2) is 59.8 Å². The Morgan fingerprint density at radius 2 is 2.25 bits per heavy atom. The molecule has 8 nitrogen and oxygen atoms in total. The minimum atomic E-state index is -3.78. The van der Waals surface area contributed by atoms with Gasteiger partial charge in [-0.05, 0) is 13.8 Å². The van der Waals surface area contributed by atoms with Crippen LogP contribution in [0.3, 0.4) is 0 Å². The van der Waals surface area contributed by atoms with Gasteiger partial charge in [0.05, 0.1) is 37.1 Å². The summed E-state index contributed by atoms with van der Waals surface area (Å²) in [5, 5.41) is 15.4. The van der Waals surface area contributed by atoms with Crippen LogP contribution < -0.4 is 0 Å². The average molecular weight is 303 g/mol. The zero-order valence-corrected chi connectivity index (χ0v) is 12.1. The number of morpholine rings is 1. The van der Waals surface area contributed by atoms with E-state index in [1.54, 1.807) is 13.8 Å². The molecule has 1 aromatic heterocycles. The number of carbonyl (C=O) groups is 1. The van der Waals surface area contributed by atoms with Gasteiger partial charge in [-0.15, -0.1) is 0 Å². The predicted molar refractivity (Wildman–Crippen MR) is 68.8 cm³/mol. The highest BCUT2D eigenvalue weighted by Crippen LogP contribution is 2.25. The number of hydrogen-bond donors (Lipinski definition) is 2. The van der Waals surface area contributed by atoms with Crippen molar-refractivity contribution in [1.82, 2.24) is 14.5 Å². The minimum absolute atomic E-state index is 0.0848. The summed E-state index contributed by atoms with van der Waals surface area (Å²) in [5.74, 6) is -1.05. The summed E-state index contributed by atoms with van der Waals surface area (Å²) in [7, 11) is -3.78. The summed E-state index contributed by atoms with van der Waals surface area (Å²) < 4.78 is 31.8. The molecule has 2 N–H and O–H groups in total. The van der Waals surface area contributed by atoms with Crippen molar-refractivity contribution < 1.29 is 23.1 Å². The lowest BCUT2D eigenvalue weighted by atomic mass is 10.2. The average Bonchev–Trinajstić information content (AvgIpc) is 2.69. The predicted octanol–water partition coefficient (Wildman–Crippen LogP) is -0.109. The second kappa shape index (κ2) is 5.51. The van der Waals surface area contributed by atoms with E-state index in [2.05, 4.69) is 10.2 Å². The summed E-state index contributed by atoms with van der Waals surface area (Å²) in [4.78, 5) is 11.0. The number of carboxylic acids is 1. The Labute approximate surface area is 116 Å². The minimum Gasteiger partial charge on any atom is -0.481 e. The fourth-order valence-electron chi connectivity index (χ4n) is 2.36. The van der Waals surface area contributed by atoms with Crippen molar-refractivity contribution in [2.75, 3.05) is 19.8 Å². The first-order chi connectivity index (χ1) is 9.34. The van der Waals surface area contributed by atoms with Crippen molar-refractivity contribution in [2.24, 2.45) is 0 Å². The molecule has 1 unspecified atom stereocenters. The highest BCUT2D eigenvalue weighted by atomic mass is 32.2. The first kappa shape index (κ1) is 14.9. The number of carboxylic acid groups (broad SMARTS) is 1. The fraction of sp³-hybridized carbons (Fsp3) is 0.636. The van der Waals surface area contributed by atoms with Gasteiger partial charge in [0.15, 0.2) is 0 Å². The number of aryl methyl sites for hydroxylation is 2. The third kappa shape index (κ3) is 2.69. The largest absolute Gasteiger partial charge is 0.481 e. The molecule has 112 valence electrons. The van der Waals surface area contributed by atoms with E-state index in [4.69, 9.17) is 9.84 Å². The van der Waals surface area contributed by atoms with Gasteiger partial charge in [0.25, 0.3) is 0 Å². The Bertz CT molecular complexity index is 590. The number of aromatic nitrogens is 2. The molecule has 1 aromatic rings. The summed E-state index contributed by atoms with van der Waals surface area (Å²) >= 11 is 0. The van der Waals surface area contributed by atoms with Crippen molar-refractivity contribution in [3.63, 3.8) is 0 Å². The lowest BCUT2D eigenvalue weighted by molar-refractivity contribution is -0.139. The molecule has 1 aliphatic heterocycles. The van der Waals surface area contributed by atoms with E-state index in [1.807, 2.05) is 0 Å². The number of hydrogen-bond acceptors (Lipinski definition) is 5. The number of rotatable bonds is 4. The van der Waals surface area contributed by atoms with Crippen molar-refractivity contribution in [3.8, 4) is 0 Å². The van der Waals surface area contributed by atoms with E-state index in [-0.39, 0.29) is 31.1 Å². The van der Waals surface area contributed by atoms with E-state index in [0.717, 1.165) is 0 Å². The third-order valence-electron chi connectivity index (χ3n) is 3.21. The quantitative estimate of drug-likeness (QED) is 0.802. The van der Waals surface area contributed by atoms with Crippen LogP contribution in [0.5, 0.6) is 0 Å². The second-order valence-corrected chi connectivity index (χ2v) is 6.53. The maximum absolute atomic E-state index is 12.7. The van der Waals surface area contributed by atoms with Crippen molar-refractivity contribution in [1.29, 1.82) is 0 Å². The molecular weight excluding hydrogens is 286 g/mol. The molecule has 0 saturated carbocycles. The summed E-state index contributed by atoms with van der Waals surface area (Å²) in [6.45, 7) is 3.71. The third-order valence-corrected chi connectivity index (χ3v) is 5.43. The molecule has 1 atom stereocenters. The number of H-pyrrole nitrogens is 1. The van der Waals surface area contributed by atoms with Crippen molar-refractivity contribution in [3.05, 3.63) is 11.4 Å². The first-order valence-corrected chi connectivity index (χ1v) is 7.61. The number of aliphatic carboxylic acids is 1. The van der Waals surface area contributed by atoms with Crippen molar-refractivity contribution >= 4 is 16.0 Å². The molecule has 9 heteroatoms. The van der Waals surface area contributed by atoms with E-state index >= 15 is 0 Å². The highest BCUT2D eigenvalue weighted by molar-refractivity contribution is 7.89. The second-order valence-electron chi connectivity index (χ2n) is 4.71. The maximum atomic E-state index is 12.7. The van der Waals surface area contributed by atoms with Gasteiger partial charge in [-0.25, -0.2) is 8.42 Å².